The second-order valence-corrected chi connectivity index (χ2v) is 10.4. The van der Waals surface area contributed by atoms with E-state index in [1.54, 1.807) is 48.5 Å². The average Bonchev–Trinajstić information content (AvgIpc) is 2.88. The first-order chi connectivity index (χ1) is 19.1. The van der Waals surface area contributed by atoms with Crippen molar-refractivity contribution in [3.05, 3.63) is 113 Å². The first kappa shape index (κ1) is 26.4. The Bertz CT molecular complexity index is 1510. The molecule has 40 heavy (non-hydrogen) atoms. The van der Waals surface area contributed by atoms with Gasteiger partial charge in [-0.15, -0.1) is 0 Å². The quantitative estimate of drug-likeness (QED) is 0.158. The normalized spacial score (nSPS) is 12.0. The molecule has 200 valence electrons. The molecule has 0 spiro atoms. The number of hydrogen-bond acceptors (Lipinski definition) is 12. The maximum absolute atomic E-state index is 11.8. The summed E-state index contributed by atoms with van der Waals surface area (Å²) in [6.07, 6.45) is 0. The summed E-state index contributed by atoms with van der Waals surface area (Å²) in [4.78, 5) is 45.6. The lowest BCUT2D eigenvalue weighted by molar-refractivity contribution is -0.395. The van der Waals surface area contributed by atoms with Crippen molar-refractivity contribution in [2.45, 2.75) is 19.6 Å². The highest BCUT2D eigenvalue weighted by atomic mass is 32.2. The van der Waals surface area contributed by atoms with E-state index >= 15 is 0 Å². The summed E-state index contributed by atoms with van der Waals surface area (Å²) in [7, 11) is 0. The zero-order chi connectivity index (χ0) is 28.6. The number of fused-ring (bicyclic) bond motifs is 8. The third-order valence-corrected chi connectivity index (χ3v) is 7.70. The maximum Gasteiger partial charge on any atom is 0.299 e. The number of benzene rings is 4. The van der Waals surface area contributed by atoms with E-state index in [0.717, 1.165) is 35.7 Å². The molecular weight excluding hydrogens is 564 g/mol. The number of hydrogen-bond donors (Lipinski definition) is 2. The summed E-state index contributed by atoms with van der Waals surface area (Å²) in [5, 5.41) is 53.1. The number of rotatable bonds is 4. The van der Waals surface area contributed by atoms with Crippen LogP contribution in [0.1, 0.15) is 0 Å². The molecule has 8 bridgehead atoms. The van der Waals surface area contributed by atoms with Gasteiger partial charge in [-0.3, -0.25) is 40.5 Å². The fourth-order valence-electron chi connectivity index (χ4n) is 3.91. The number of nitrogens with one attached hydrogen (secondary N) is 2. The maximum atomic E-state index is 11.8. The van der Waals surface area contributed by atoms with Gasteiger partial charge in [-0.2, -0.15) is 0 Å². The van der Waals surface area contributed by atoms with E-state index in [1.165, 1.54) is 12.1 Å². The standard InChI is InChI=1S/C24H14N6O8S2/c31-27(32)19-11-22(30(37)38)24-9-17(19)25-13-3-1-5-15(7-13)39-23-10-18(20(28(33)34)12-21(23)29(35)36)26-14-4-2-6-16(8-14)40-24/h1-12,25-26H. The van der Waals surface area contributed by atoms with Gasteiger partial charge in [0.15, 0.2) is 0 Å². The molecule has 0 radical (unpaired) electrons. The predicted molar refractivity (Wildman–Crippen MR) is 147 cm³/mol. The average molecular weight is 579 g/mol. The first-order valence-electron chi connectivity index (χ1n) is 11.1. The lowest BCUT2D eigenvalue weighted by Gasteiger charge is -2.14. The number of nitro groups is 4. The fraction of sp³-hybridized carbons (Fsp3) is 0. The van der Waals surface area contributed by atoms with E-state index in [1.807, 2.05) is 0 Å². The van der Waals surface area contributed by atoms with Crippen molar-refractivity contribution in [3.63, 3.8) is 0 Å². The Morgan fingerprint density at radius 3 is 1.23 bits per heavy atom. The van der Waals surface area contributed by atoms with Crippen molar-refractivity contribution < 1.29 is 19.7 Å². The van der Waals surface area contributed by atoms with Gasteiger partial charge in [-0.1, -0.05) is 35.7 Å². The number of nitrogens with zero attached hydrogens (tertiary/aromatic N) is 4. The lowest BCUT2D eigenvalue weighted by Crippen LogP contribution is -2.02. The van der Waals surface area contributed by atoms with E-state index in [9.17, 15) is 40.5 Å². The minimum Gasteiger partial charge on any atom is -0.350 e. The lowest BCUT2D eigenvalue weighted by atomic mass is 10.2. The summed E-state index contributed by atoms with van der Waals surface area (Å²) in [5.41, 5.74) is -1.22. The highest BCUT2D eigenvalue weighted by Crippen LogP contribution is 2.45. The molecule has 16 heteroatoms. The smallest absolute Gasteiger partial charge is 0.299 e. The van der Waals surface area contributed by atoms with E-state index in [2.05, 4.69) is 10.6 Å². The molecule has 1 aliphatic rings. The zero-order valence-electron chi connectivity index (χ0n) is 19.8. The Labute approximate surface area is 232 Å². The highest BCUT2D eigenvalue weighted by molar-refractivity contribution is 7.99. The van der Waals surface area contributed by atoms with E-state index in [4.69, 9.17) is 0 Å². The molecule has 0 fully saturated rings. The van der Waals surface area contributed by atoms with Gasteiger partial charge in [-0.05, 0) is 48.5 Å². The molecule has 0 unspecified atom stereocenters. The van der Waals surface area contributed by atoms with Crippen LogP contribution in [0.4, 0.5) is 45.5 Å². The highest BCUT2D eigenvalue weighted by Gasteiger charge is 2.28. The number of anilines is 4. The minimum atomic E-state index is -0.729. The van der Waals surface area contributed by atoms with Crippen molar-refractivity contribution in [1.82, 2.24) is 0 Å². The Morgan fingerprint density at radius 1 is 0.500 bits per heavy atom. The van der Waals surface area contributed by atoms with Gasteiger partial charge in [0.25, 0.3) is 22.7 Å². The van der Waals surface area contributed by atoms with Gasteiger partial charge in [0.2, 0.25) is 0 Å². The Hall–Kier alpha value is -5.22. The molecule has 4 aromatic carbocycles. The fourth-order valence-corrected chi connectivity index (χ4v) is 5.91. The van der Waals surface area contributed by atoms with Crippen LogP contribution in [-0.2, 0) is 0 Å². The van der Waals surface area contributed by atoms with Crippen LogP contribution in [-0.4, -0.2) is 19.7 Å². The zero-order valence-corrected chi connectivity index (χ0v) is 21.4. The summed E-state index contributed by atoms with van der Waals surface area (Å²) in [5.74, 6) is 0. The molecule has 1 aliphatic heterocycles. The number of nitro benzene ring substituents is 4. The Kier molecular flexibility index (Phi) is 6.93. The van der Waals surface area contributed by atoms with Crippen LogP contribution in [0, 0.1) is 40.5 Å². The Morgan fingerprint density at radius 2 is 0.875 bits per heavy atom. The molecule has 14 nitrogen and oxygen atoms in total. The topological polar surface area (TPSA) is 197 Å². The second-order valence-electron chi connectivity index (χ2n) is 8.21. The molecule has 0 saturated carbocycles. The van der Waals surface area contributed by atoms with Crippen molar-refractivity contribution in [2.24, 2.45) is 0 Å². The predicted octanol–water partition coefficient (Wildman–Crippen LogP) is 7.42. The van der Waals surface area contributed by atoms with Crippen molar-refractivity contribution >= 4 is 69.0 Å². The molecular formula is C24H14N6O8S2. The molecule has 0 aliphatic carbocycles. The minimum absolute atomic E-state index is 0.00484. The molecule has 2 N–H and O–H groups in total. The summed E-state index contributed by atoms with van der Waals surface area (Å²) in [6, 6.07) is 17.3. The SMILES string of the molecule is O=[N+]([O-])c1cc([N+](=O)[O-])c2cc1Nc1cccc(c1)Sc1cc(c([N+](=O)[O-])cc1[N+](=O)[O-])Nc1cccc(c1)S2. The molecule has 0 aromatic heterocycles. The van der Waals surface area contributed by atoms with Gasteiger partial charge in [0.05, 0.1) is 41.6 Å². The van der Waals surface area contributed by atoms with Crippen molar-refractivity contribution in [2.75, 3.05) is 10.6 Å². The van der Waals surface area contributed by atoms with Crippen LogP contribution < -0.4 is 10.6 Å². The van der Waals surface area contributed by atoms with Gasteiger partial charge < -0.3 is 10.6 Å². The van der Waals surface area contributed by atoms with Crippen LogP contribution >= 0.6 is 23.5 Å². The third-order valence-electron chi connectivity index (χ3n) is 5.62. The summed E-state index contributed by atoms with van der Waals surface area (Å²) >= 11 is 1.94. The van der Waals surface area contributed by atoms with Gasteiger partial charge in [0, 0.05) is 21.2 Å². The van der Waals surface area contributed by atoms with Gasteiger partial charge >= 0.3 is 0 Å². The van der Waals surface area contributed by atoms with Crippen LogP contribution in [0.5, 0.6) is 0 Å². The monoisotopic (exact) mass is 578 g/mol. The van der Waals surface area contributed by atoms with Gasteiger partial charge in [0.1, 0.15) is 11.4 Å². The summed E-state index contributed by atoms with van der Waals surface area (Å²) in [6.45, 7) is 0. The Balaban J connectivity index is 1.75. The molecule has 5 rings (SSSR count). The largest absolute Gasteiger partial charge is 0.350 e. The molecule has 1 heterocycles. The van der Waals surface area contributed by atoms with Crippen LogP contribution in [0.15, 0.2) is 92.4 Å². The molecule has 0 amide bonds. The van der Waals surface area contributed by atoms with Crippen molar-refractivity contribution in [3.8, 4) is 0 Å². The molecule has 0 saturated heterocycles. The van der Waals surface area contributed by atoms with Crippen molar-refractivity contribution in [1.29, 1.82) is 0 Å². The first-order valence-corrected chi connectivity index (χ1v) is 12.8. The van der Waals surface area contributed by atoms with E-state index in [0.29, 0.717) is 21.2 Å². The third kappa shape index (κ3) is 5.33. The second kappa shape index (κ2) is 10.5. The molecule has 4 aromatic rings. The van der Waals surface area contributed by atoms with Crippen LogP contribution in [0.2, 0.25) is 0 Å². The van der Waals surface area contributed by atoms with Gasteiger partial charge in [-0.25, -0.2) is 0 Å². The summed E-state index contributed by atoms with van der Waals surface area (Å²) < 4.78 is 0. The van der Waals surface area contributed by atoms with Crippen LogP contribution in [0.25, 0.3) is 0 Å². The van der Waals surface area contributed by atoms with E-state index < -0.39 is 42.4 Å². The van der Waals surface area contributed by atoms with Crippen LogP contribution in [0.3, 0.4) is 0 Å². The molecule has 0 atom stereocenters. The van der Waals surface area contributed by atoms with E-state index in [-0.39, 0.29) is 21.2 Å².